The van der Waals surface area contributed by atoms with Gasteiger partial charge in [-0.3, -0.25) is 9.67 Å². The number of nitrogens with zero attached hydrogens (tertiary/aromatic N) is 3. The van der Waals surface area contributed by atoms with Gasteiger partial charge in [0.05, 0.1) is 16.1 Å². The molecule has 0 aliphatic heterocycles. The lowest BCUT2D eigenvalue weighted by molar-refractivity contribution is 0.451. The van der Waals surface area contributed by atoms with Crippen LogP contribution in [0.1, 0.15) is 25.0 Å². The Hall–Kier alpha value is -3.17. The Morgan fingerprint density at radius 3 is 2.62 bits per heavy atom. The third-order valence-electron chi connectivity index (χ3n) is 5.59. The number of aromatic amines is 1. The number of hydrogen-bond acceptors (Lipinski definition) is 5. The molecule has 0 fully saturated rings. The predicted octanol–water partition coefficient (Wildman–Crippen LogP) is 3.56. The molecule has 0 aliphatic rings. The molecule has 2 heterocycles. The lowest BCUT2D eigenvalue weighted by atomic mass is 10.1. The quantitative estimate of drug-likeness (QED) is 0.390. The van der Waals surface area contributed by atoms with Crippen LogP contribution in [0.4, 0.5) is 0 Å². The van der Waals surface area contributed by atoms with Crippen molar-refractivity contribution in [3.63, 3.8) is 0 Å². The van der Waals surface area contributed by atoms with Crippen LogP contribution in [0.25, 0.3) is 22.4 Å². The van der Waals surface area contributed by atoms with Gasteiger partial charge in [-0.1, -0.05) is 36.8 Å². The van der Waals surface area contributed by atoms with E-state index in [1.54, 1.807) is 20.2 Å². The number of hydrogen-bond donors (Lipinski definition) is 1. The van der Waals surface area contributed by atoms with Crippen molar-refractivity contribution < 1.29 is 12.8 Å². The standard InChI is InChI=1S/C23H26N4O4S/c1-26(32(29,30)19-12-13-21-22(16-19)31-23(28)27(21)2)14-8-4-7-11-18-15-20(25-24-18)17-9-5-3-6-10-17/h3,5-6,9-10,12-13,15-16H,4,7-8,11,14H2,1-2H3,(H,24,25). The van der Waals surface area contributed by atoms with E-state index < -0.39 is 15.8 Å². The number of sulfonamides is 1. The SMILES string of the molecule is CN(CCCCCc1cc(-c2ccccc2)n[nH]1)S(=O)(=O)c1ccc2c(c1)oc(=O)n2C. The van der Waals surface area contributed by atoms with E-state index in [1.807, 2.05) is 30.3 Å². The smallest absolute Gasteiger partial charge is 0.408 e. The van der Waals surface area contributed by atoms with Crippen LogP contribution in [0, 0.1) is 0 Å². The van der Waals surface area contributed by atoms with Crippen molar-refractivity contribution >= 4 is 21.1 Å². The van der Waals surface area contributed by atoms with Crippen molar-refractivity contribution in [2.24, 2.45) is 7.05 Å². The minimum absolute atomic E-state index is 0.118. The molecule has 168 valence electrons. The van der Waals surface area contributed by atoms with Crippen molar-refractivity contribution in [2.75, 3.05) is 13.6 Å². The van der Waals surface area contributed by atoms with Gasteiger partial charge in [-0.2, -0.15) is 5.10 Å². The van der Waals surface area contributed by atoms with Crippen LogP contribution in [0.2, 0.25) is 0 Å². The zero-order chi connectivity index (χ0) is 22.7. The Morgan fingerprint density at radius 2 is 1.84 bits per heavy atom. The van der Waals surface area contributed by atoms with Crippen molar-refractivity contribution in [3.05, 3.63) is 70.8 Å². The number of unbranched alkanes of at least 4 members (excludes halogenated alkanes) is 2. The van der Waals surface area contributed by atoms with Gasteiger partial charge in [0.25, 0.3) is 0 Å². The van der Waals surface area contributed by atoms with Crippen LogP contribution in [-0.2, 0) is 23.5 Å². The Kier molecular flexibility index (Phi) is 6.29. The summed E-state index contributed by atoms with van der Waals surface area (Å²) in [7, 11) is -0.500. The largest absolute Gasteiger partial charge is 0.419 e. The van der Waals surface area contributed by atoms with Crippen LogP contribution >= 0.6 is 0 Å². The highest BCUT2D eigenvalue weighted by molar-refractivity contribution is 7.89. The van der Waals surface area contributed by atoms with Gasteiger partial charge in [-0.15, -0.1) is 0 Å². The topological polar surface area (TPSA) is 101 Å². The number of nitrogens with one attached hydrogen (secondary N) is 1. The second-order valence-corrected chi connectivity index (χ2v) is 9.88. The van der Waals surface area contributed by atoms with E-state index in [4.69, 9.17) is 4.42 Å². The molecule has 0 unspecified atom stereocenters. The molecule has 1 N–H and O–H groups in total. The van der Waals surface area contributed by atoms with Gasteiger partial charge >= 0.3 is 5.76 Å². The van der Waals surface area contributed by atoms with Gasteiger partial charge < -0.3 is 4.42 Å². The second kappa shape index (κ2) is 9.13. The zero-order valence-electron chi connectivity index (χ0n) is 18.1. The van der Waals surface area contributed by atoms with Crippen molar-refractivity contribution in [3.8, 4) is 11.3 Å². The van der Waals surface area contributed by atoms with Gasteiger partial charge in [0.15, 0.2) is 5.58 Å². The number of rotatable bonds is 9. The summed E-state index contributed by atoms with van der Waals surface area (Å²) in [5.74, 6) is -0.518. The van der Waals surface area contributed by atoms with Crippen LogP contribution in [0.5, 0.6) is 0 Å². The second-order valence-electron chi connectivity index (χ2n) is 7.84. The Balaban J connectivity index is 1.29. The first-order valence-corrected chi connectivity index (χ1v) is 12.0. The normalized spacial score (nSPS) is 12.1. The highest BCUT2D eigenvalue weighted by Gasteiger charge is 2.22. The summed E-state index contributed by atoms with van der Waals surface area (Å²) in [6.07, 6.45) is 3.44. The van der Waals surface area contributed by atoms with Crippen molar-refractivity contribution in [1.82, 2.24) is 19.1 Å². The molecule has 0 radical (unpaired) electrons. The molecule has 0 saturated heterocycles. The molecule has 4 rings (SSSR count). The predicted molar refractivity (Wildman–Crippen MR) is 123 cm³/mol. The monoisotopic (exact) mass is 454 g/mol. The zero-order valence-corrected chi connectivity index (χ0v) is 18.9. The van der Waals surface area contributed by atoms with Crippen molar-refractivity contribution in [2.45, 2.75) is 30.6 Å². The van der Waals surface area contributed by atoms with E-state index in [-0.39, 0.29) is 10.5 Å². The van der Waals surface area contributed by atoms with E-state index in [9.17, 15) is 13.2 Å². The van der Waals surface area contributed by atoms with E-state index in [1.165, 1.54) is 21.0 Å². The maximum absolute atomic E-state index is 12.9. The molecular formula is C23H26N4O4S. The molecule has 8 nitrogen and oxygen atoms in total. The molecule has 2 aromatic carbocycles. The fourth-order valence-corrected chi connectivity index (χ4v) is 4.87. The van der Waals surface area contributed by atoms with Crippen LogP contribution in [0.15, 0.2) is 68.7 Å². The third kappa shape index (κ3) is 4.53. The lowest BCUT2D eigenvalue weighted by Crippen LogP contribution is -2.28. The van der Waals surface area contributed by atoms with Crippen LogP contribution < -0.4 is 5.76 Å². The number of H-pyrrole nitrogens is 1. The molecule has 32 heavy (non-hydrogen) atoms. The van der Waals surface area contributed by atoms with Gasteiger partial charge in [0.1, 0.15) is 0 Å². The molecule has 2 aromatic heterocycles. The Bertz CT molecular complexity index is 1370. The highest BCUT2D eigenvalue weighted by atomic mass is 32.2. The maximum atomic E-state index is 12.9. The van der Waals surface area contributed by atoms with Gasteiger partial charge in [-0.05, 0) is 37.5 Å². The molecule has 0 spiro atoms. The number of benzene rings is 2. The number of aryl methyl sites for hydroxylation is 2. The van der Waals surface area contributed by atoms with E-state index in [0.29, 0.717) is 12.1 Å². The fraction of sp³-hybridized carbons (Fsp3) is 0.304. The van der Waals surface area contributed by atoms with Crippen LogP contribution in [-0.4, -0.2) is 41.1 Å². The number of fused-ring (bicyclic) bond motifs is 1. The summed E-state index contributed by atoms with van der Waals surface area (Å²) in [6, 6.07) is 16.6. The van der Waals surface area contributed by atoms with E-state index in [0.717, 1.165) is 42.6 Å². The minimum Gasteiger partial charge on any atom is -0.408 e. The molecular weight excluding hydrogens is 428 g/mol. The van der Waals surface area contributed by atoms with E-state index in [2.05, 4.69) is 16.3 Å². The maximum Gasteiger partial charge on any atom is 0.419 e. The summed E-state index contributed by atoms with van der Waals surface area (Å²) < 4.78 is 33.6. The molecule has 0 bridgehead atoms. The van der Waals surface area contributed by atoms with Gasteiger partial charge in [-0.25, -0.2) is 17.5 Å². The summed E-state index contributed by atoms with van der Waals surface area (Å²) in [6.45, 7) is 0.414. The molecule has 0 atom stereocenters. The molecule has 0 saturated carbocycles. The van der Waals surface area contributed by atoms with Gasteiger partial charge in [0.2, 0.25) is 10.0 Å². The average Bonchev–Trinajstić information content (AvgIpc) is 3.38. The Labute approximate surface area is 186 Å². The summed E-state index contributed by atoms with van der Waals surface area (Å²) in [4.78, 5) is 11.8. The summed E-state index contributed by atoms with van der Waals surface area (Å²) in [5, 5.41) is 7.45. The number of aromatic nitrogens is 3. The first kappa shape index (κ1) is 22.0. The minimum atomic E-state index is -3.65. The molecule has 0 aliphatic carbocycles. The first-order chi connectivity index (χ1) is 15.4. The molecule has 4 aromatic rings. The molecule has 0 amide bonds. The summed E-state index contributed by atoms with van der Waals surface area (Å²) in [5.41, 5.74) is 3.90. The average molecular weight is 455 g/mol. The third-order valence-corrected chi connectivity index (χ3v) is 7.44. The van der Waals surface area contributed by atoms with Crippen LogP contribution in [0.3, 0.4) is 0 Å². The first-order valence-electron chi connectivity index (χ1n) is 10.5. The molecule has 9 heteroatoms. The Morgan fingerprint density at radius 1 is 1.06 bits per heavy atom. The highest BCUT2D eigenvalue weighted by Crippen LogP contribution is 2.21. The van der Waals surface area contributed by atoms with Gasteiger partial charge in [0, 0.05) is 38.0 Å². The van der Waals surface area contributed by atoms with E-state index >= 15 is 0 Å². The van der Waals surface area contributed by atoms with Crippen molar-refractivity contribution in [1.29, 1.82) is 0 Å². The number of oxazole rings is 1. The summed E-state index contributed by atoms with van der Waals surface area (Å²) >= 11 is 0. The lowest BCUT2D eigenvalue weighted by Gasteiger charge is -2.17. The fourth-order valence-electron chi connectivity index (χ4n) is 3.65.